The van der Waals surface area contributed by atoms with Crippen molar-refractivity contribution in [3.8, 4) is 0 Å². The van der Waals surface area contributed by atoms with E-state index in [1.54, 1.807) is 0 Å². The molecule has 0 N–H and O–H groups in total. The van der Waals surface area contributed by atoms with Crippen LogP contribution in [0.5, 0.6) is 0 Å². The van der Waals surface area contributed by atoms with Gasteiger partial charge >= 0.3 is 0 Å². The Balaban J connectivity index is 1.71. The highest BCUT2D eigenvalue weighted by molar-refractivity contribution is 7.99. The smallest absolute Gasteiger partial charge is 0.160 e. The molecule has 0 spiro atoms. The van der Waals surface area contributed by atoms with Crippen LogP contribution < -0.4 is 0 Å². The maximum absolute atomic E-state index is 5.00. The zero-order valence-electron chi connectivity index (χ0n) is 13.2. The number of rotatable bonds is 3. The van der Waals surface area contributed by atoms with Gasteiger partial charge in [0.1, 0.15) is 11.3 Å². The summed E-state index contributed by atoms with van der Waals surface area (Å²) in [6, 6.07) is 4.12. The predicted molar refractivity (Wildman–Crippen MR) is 92.3 cm³/mol. The Morgan fingerprint density at radius 3 is 2.86 bits per heavy atom. The molecule has 0 radical (unpaired) electrons. The molecular weight excluding hydrogens is 292 g/mol. The third-order valence-corrected chi connectivity index (χ3v) is 6.43. The lowest BCUT2D eigenvalue weighted by Gasteiger charge is -2.31. The molecule has 5 heteroatoms. The van der Waals surface area contributed by atoms with Crippen LogP contribution >= 0.6 is 11.8 Å². The number of nitrogens with zero attached hydrogens (tertiary/aromatic N) is 4. The molecule has 1 unspecified atom stereocenters. The Bertz CT molecular complexity index is 639. The minimum absolute atomic E-state index is 0.541. The molecular formula is C17H24N4S. The zero-order valence-corrected chi connectivity index (χ0v) is 14.1. The molecule has 2 aromatic rings. The summed E-state index contributed by atoms with van der Waals surface area (Å²) in [7, 11) is 0. The van der Waals surface area contributed by atoms with E-state index in [2.05, 4.69) is 39.2 Å². The number of aromatic nitrogens is 3. The molecule has 1 atom stereocenters. The fraction of sp³-hybridized carbons (Fsp3) is 0.647. The van der Waals surface area contributed by atoms with Gasteiger partial charge in [-0.25, -0.2) is 9.97 Å². The van der Waals surface area contributed by atoms with Crippen LogP contribution in [0.25, 0.3) is 11.2 Å². The summed E-state index contributed by atoms with van der Waals surface area (Å²) in [5.74, 6) is 3.16. The van der Waals surface area contributed by atoms with Crippen LogP contribution in [-0.2, 0) is 0 Å². The average molecular weight is 316 g/mol. The summed E-state index contributed by atoms with van der Waals surface area (Å²) in [4.78, 5) is 12.2. The van der Waals surface area contributed by atoms with Crippen molar-refractivity contribution in [1.82, 2.24) is 19.4 Å². The molecule has 2 aliphatic heterocycles. The summed E-state index contributed by atoms with van der Waals surface area (Å²) in [5, 5.41) is 0.541. The van der Waals surface area contributed by atoms with Crippen LogP contribution in [0.1, 0.15) is 49.7 Å². The molecule has 0 amide bonds. The first-order chi connectivity index (χ1) is 10.9. The minimum Gasteiger partial charge on any atom is -0.304 e. The van der Waals surface area contributed by atoms with Crippen molar-refractivity contribution in [3.05, 3.63) is 24.2 Å². The first-order valence-electron chi connectivity index (χ1n) is 8.53. The van der Waals surface area contributed by atoms with E-state index in [4.69, 9.17) is 4.98 Å². The zero-order chi connectivity index (χ0) is 14.9. The van der Waals surface area contributed by atoms with Crippen molar-refractivity contribution in [2.24, 2.45) is 0 Å². The lowest BCUT2D eigenvalue weighted by atomic mass is 9.96. The Labute approximate surface area is 136 Å². The van der Waals surface area contributed by atoms with Gasteiger partial charge in [0.25, 0.3) is 0 Å². The monoisotopic (exact) mass is 316 g/mol. The van der Waals surface area contributed by atoms with Crippen molar-refractivity contribution < 1.29 is 0 Å². The van der Waals surface area contributed by atoms with E-state index >= 15 is 0 Å². The van der Waals surface area contributed by atoms with Crippen LogP contribution in [-0.4, -0.2) is 44.8 Å². The van der Waals surface area contributed by atoms with Crippen LogP contribution in [0.15, 0.2) is 18.3 Å². The van der Waals surface area contributed by atoms with E-state index in [0.717, 1.165) is 11.2 Å². The van der Waals surface area contributed by atoms with Crippen molar-refractivity contribution in [2.45, 2.75) is 43.9 Å². The van der Waals surface area contributed by atoms with Crippen molar-refractivity contribution in [1.29, 1.82) is 0 Å². The number of hydrogen-bond donors (Lipinski definition) is 0. The normalized spacial score (nSPS) is 24.3. The van der Waals surface area contributed by atoms with Crippen LogP contribution in [0.2, 0.25) is 0 Å². The maximum Gasteiger partial charge on any atom is 0.160 e. The number of fused-ring (bicyclic) bond motifs is 1. The highest BCUT2D eigenvalue weighted by Crippen LogP contribution is 2.41. The molecule has 0 aliphatic carbocycles. The molecule has 22 heavy (non-hydrogen) atoms. The standard InChI is InChI=1S/C17H24N4S/c1-2-20-10-7-13(8-11-20)16-19-14-5-3-9-18-17(14)21(16)15-6-4-12-22-15/h3,5,9,13,15H,2,4,6-8,10-12H2,1H3. The molecule has 0 saturated carbocycles. The van der Waals surface area contributed by atoms with Crippen LogP contribution in [0, 0.1) is 0 Å². The maximum atomic E-state index is 5.00. The summed E-state index contributed by atoms with van der Waals surface area (Å²) < 4.78 is 2.47. The van der Waals surface area contributed by atoms with E-state index in [1.165, 1.54) is 56.9 Å². The third kappa shape index (κ3) is 2.54. The number of likely N-dealkylation sites (tertiary alicyclic amines) is 1. The fourth-order valence-electron chi connectivity index (χ4n) is 3.79. The summed E-state index contributed by atoms with van der Waals surface area (Å²) >= 11 is 2.07. The fourth-order valence-corrected chi connectivity index (χ4v) is 5.09. The quantitative estimate of drug-likeness (QED) is 0.865. The molecule has 2 saturated heterocycles. The Morgan fingerprint density at radius 1 is 1.27 bits per heavy atom. The molecule has 2 fully saturated rings. The molecule has 4 rings (SSSR count). The Morgan fingerprint density at radius 2 is 2.14 bits per heavy atom. The van der Waals surface area contributed by atoms with Gasteiger partial charge in [-0.3, -0.25) is 4.57 Å². The molecule has 4 heterocycles. The predicted octanol–water partition coefficient (Wildman–Crippen LogP) is 3.66. The lowest BCUT2D eigenvalue weighted by Crippen LogP contribution is -2.33. The number of thioether (sulfide) groups is 1. The molecule has 118 valence electrons. The van der Waals surface area contributed by atoms with E-state index in [1.807, 2.05) is 12.3 Å². The van der Waals surface area contributed by atoms with Crippen molar-refractivity contribution in [2.75, 3.05) is 25.4 Å². The first kappa shape index (κ1) is 14.5. The third-order valence-electron chi connectivity index (χ3n) is 5.07. The first-order valence-corrected chi connectivity index (χ1v) is 9.58. The average Bonchev–Trinajstić information content (AvgIpc) is 3.21. The molecule has 4 nitrogen and oxygen atoms in total. The van der Waals surface area contributed by atoms with Crippen molar-refractivity contribution >= 4 is 22.9 Å². The van der Waals surface area contributed by atoms with Gasteiger partial charge in [-0.05, 0) is 63.2 Å². The number of piperidine rings is 1. The van der Waals surface area contributed by atoms with Gasteiger partial charge in [0, 0.05) is 12.1 Å². The van der Waals surface area contributed by atoms with E-state index in [9.17, 15) is 0 Å². The summed E-state index contributed by atoms with van der Waals surface area (Å²) in [6.07, 6.45) is 6.94. The summed E-state index contributed by atoms with van der Waals surface area (Å²) in [6.45, 7) is 5.84. The Kier molecular flexibility index (Phi) is 4.09. The SMILES string of the molecule is CCN1CCC(c2nc3cccnc3n2C2CCCS2)CC1. The number of hydrogen-bond acceptors (Lipinski definition) is 4. The van der Waals surface area contributed by atoms with Gasteiger partial charge in [0.05, 0.1) is 5.37 Å². The lowest BCUT2D eigenvalue weighted by molar-refractivity contribution is 0.217. The van der Waals surface area contributed by atoms with Crippen LogP contribution in [0.4, 0.5) is 0 Å². The largest absolute Gasteiger partial charge is 0.304 e. The highest BCUT2D eigenvalue weighted by Gasteiger charge is 2.29. The molecule has 0 aromatic carbocycles. The number of imidazole rings is 1. The van der Waals surface area contributed by atoms with E-state index in [0.29, 0.717) is 11.3 Å². The second kappa shape index (κ2) is 6.20. The van der Waals surface area contributed by atoms with Gasteiger partial charge in [0.15, 0.2) is 5.65 Å². The van der Waals surface area contributed by atoms with E-state index in [-0.39, 0.29) is 0 Å². The minimum atomic E-state index is 0.541. The molecule has 2 aromatic heterocycles. The van der Waals surface area contributed by atoms with Crippen LogP contribution in [0.3, 0.4) is 0 Å². The van der Waals surface area contributed by atoms with Gasteiger partial charge in [-0.2, -0.15) is 0 Å². The van der Waals surface area contributed by atoms with Gasteiger partial charge in [-0.1, -0.05) is 6.92 Å². The molecule has 2 aliphatic rings. The van der Waals surface area contributed by atoms with Crippen molar-refractivity contribution in [3.63, 3.8) is 0 Å². The van der Waals surface area contributed by atoms with Gasteiger partial charge < -0.3 is 4.90 Å². The highest BCUT2D eigenvalue weighted by atomic mass is 32.2. The van der Waals surface area contributed by atoms with Gasteiger partial charge in [-0.15, -0.1) is 11.8 Å². The number of pyridine rings is 1. The molecule has 0 bridgehead atoms. The second-order valence-corrected chi connectivity index (χ2v) is 7.65. The Hall–Kier alpha value is -1.07. The van der Waals surface area contributed by atoms with Gasteiger partial charge in [0.2, 0.25) is 0 Å². The summed E-state index contributed by atoms with van der Waals surface area (Å²) in [5.41, 5.74) is 2.16. The second-order valence-electron chi connectivity index (χ2n) is 6.36. The van der Waals surface area contributed by atoms with E-state index < -0.39 is 0 Å². The topological polar surface area (TPSA) is 34.0 Å².